The Morgan fingerprint density at radius 3 is 2.26 bits per heavy atom. The van der Waals surface area contributed by atoms with E-state index >= 15 is 0 Å². The molecule has 1 N–H and O–H groups in total. The van der Waals surface area contributed by atoms with Crippen LogP contribution in [0, 0.1) is 17.8 Å². The van der Waals surface area contributed by atoms with Crippen LogP contribution in [-0.2, 0) is 9.59 Å². The molecule has 0 spiro atoms. The van der Waals surface area contributed by atoms with Crippen LogP contribution in [0.3, 0.4) is 0 Å². The van der Waals surface area contributed by atoms with Gasteiger partial charge in [-0.05, 0) is 38.0 Å². The molecule has 0 aromatic heterocycles. The van der Waals surface area contributed by atoms with Crippen molar-refractivity contribution < 1.29 is 14.7 Å². The van der Waals surface area contributed by atoms with Gasteiger partial charge in [-0.1, -0.05) is 19.8 Å². The van der Waals surface area contributed by atoms with Crippen molar-refractivity contribution in [3.63, 3.8) is 0 Å². The second-order valence-electron chi connectivity index (χ2n) is 6.32. The SMILES string of the molecule is CC1CCCCC1N(C)C(=O)[C@@H]1CC[C@H](C(=O)O)C1. The number of rotatable bonds is 3. The molecule has 4 atom stereocenters. The van der Waals surface area contributed by atoms with E-state index in [1.165, 1.54) is 19.3 Å². The molecule has 0 saturated heterocycles. The summed E-state index contributed by atoms with van der Waals surface area (Å²) in [6, 6.07) is 0.352. The minimum atomic E-state index is -0.746. The summed E-state index contributed by atoms with van der Waals surface area (Å²) < 4.78 is 0. The van der Waals surface area contributed by atoms with Gasteiger partial charge in [0.2, 0.25) is 5.91 Å². The molecule has 0 aromatic rings. The van der Waals surface area contributed by atoms with Crippen LogP contribution >= 0.6 is 0 Å². The highest BCUT2D eigenvalue weighted by atomic mass is 16.4. The molecule has 4 heteroatoms. The average Bonchev–Trinajstić information content (AvgIpc) is 2.87. The fourth-order valence-electron chi connectivity index (χ4n) is 3.75. The summed E-state index contributed by atoms with van der Waals surface area (Å²) in [6.45, 7) is 2.22. The highest BCUT2D eigenvalue weighted by Crippen LogP contribution is 2.34. The molecule has 0 aromatic carbocycles. The summed E-state index contributed by atoms with van der Waals surface area (Å²) in [4.78, 5) is 25.4. The summed E-state index contributed by atoms with van der Waals surface area (Å²) >= 11 is 0. The number of carboxylic acids is 1. The summed E-state index contributed by atoms with van der Waals surface area (Å²) in [6.07, 6.45) is 6.68. The van der Waals surface area contributed by atoms with E-state index in [-0.39, 0.29) is 17.7 Å². The maximum Gasteiger partial charge on any atom is 0.306 e. The fraction of sp³-hybridized carbons (Fsp3) is 0.867. The van der Waals surface area contributed by atoms with Gasteiger partial charge in [-0.2, -0.15) is 0 Å². The third kappa shape index (κ3) is 3.10. The first-order valence-corrected chi connectivity index (χ1v) is 7.50. The second-order valence-corrected chi connectivity index (χ2v) is 6.32. The predicted molar refractivity (Wildman–Crippen MR) is 72.7 cm³/mol. The van der Waals surface area contributed by atoms with Crippen molar-refractivity contribution in [3.8, 4) is 0 Å². The van der Waals surface area contributed by atoms with Gasteiger partial charge in [0, 0.05) is 19.0 Å². The van der Waals surface area contributed by atoms with Crippen LogP contribution in [0.25, 0.3) is 0 Å². The van der Waals surface area contributed by atoms with Gasteiger partial charge >= 0.3 is 5.97 Å². The third-order valence-corrected chi connectivity index (χ3v) is 5.04. The lowest BCUT2D eigenvalue weighted by Gasteiger charge is -2.37. The summed E-state index contributed by atoms with van der Waals surface area (Å²) in [5, 5.41) is 9.02. The maximum absolute atomic E-state index is 12.5. The van der Waals surface area contributed by atoms with Crippen LogP contribution in [0.15, 0.2) is 0 Å². The Kier molecular flexibility index (Phi) is 4.48. The van der Waals surface area contributed by atoms with E-state index < -0.39 is 5.97 Å². The van der Waals surface area contributed by atoms with Crippen LogP contribution in [0.2, 0.25) is 0 Å². The second kappa shape index (κ2) is 5.93. The van der Waals surface area contributed by atoms with Crippen molar-refractivity contribution in [1.29, 1.82) is 0 Å². The topological polar surface area (TPSA) is 57.6 Å². The Morgan fingerprint density at radius 1 is 1.05 bits per heavy atom. The van der Waals surface area contributed by atoms with Crippen molar-refractivity contribution in [1.82, 2.24) is 4.90 Å². The zero-order valence-electron chi connectivity index (χ0n) is 12.0. The van der Waals surface area contributed by atoms with E-state index in [1.807, 2.05) is 11.9 Å². The van der Waals surface area contributed by atoms with Gasteiger partial charge in [0.25, 0.3) is 0 Å². The highest BCUT2D eigenvalue weighted by Gasteiger charge is 2.37. The van der Waals surface area contributed by atoms with E-state index in [0.29, 0.717) is 24.8 Å². The Hall–Kier alpha value is -1.06. The minimum Gasteiger partial charge on any atom is -0.481 e. The zero-order chi connectivity index (χ0) is 14.0. The molecule has 108 valence electrons. The highest BCUT2D eigenvalue weighted by molar-refractivity contribution is 5.81. The first kappa shape index (κ1) is 14.4. The van der Waals surface area contributed by atoms with Crippen LogP contribution in [0.1, 0.15) is 51.9 Å². The average molecular weight is 267 g/mol. The number of aliphatic carboxylic acids is 1. The molecule has 2 rings (SSSR count). The van der Waals surface area contributed by atoms with Gasteiger partial charge in [-0.25, -0.2) is 0 Å². The number of hydrogen-bond donors (Lipinski definition) is 1. The van der Waals surface area contributed by atoms with Gasteiger partial charge in [-0.3, -0.25) is 9.59 Å². The largest absolute Gasteiger partial charge is 0.481 e. The lowest BCUT2D eigenvalue weighted by Crippen LogP contribution is -2.44. The minimum absolute atomic E-state index is 0.0692. The van der Waals surface area contributed by atoms with E-state index in [9.17, 15) is 9.59 Å². The lowest BCUT2D eigenvalue weighted by atomic mass is 9.84. The molecule has 2 aliphatic carbocycles. The Labute approximate surface area is 115 Å². The normalized spacial score (nSPS) is 35.1. The number of amides is 1. The number of carbonyl (C=O) groups is 2. The Bertz CT molecular complexity index is 355. The van der Waals surface area contributed by atoms with Crippen LogP contribution in [0.4, 0.5) is 0 Å². The molecule has 2 saturated carbocycles. The number of hydrogen-bond acceptors (Lipinski definition) is 2. The van der Waals surface area contributed by atoms with Gasteiger partial charge in [0.05, 0.1) is 5.92 Å². The molecular weight excluding hydrogens is 242 g/mol. The predicted octanol–water partition coefficient (Wildman–Crippen LogP) is 2.52. The molecule has 0 radical (unpaired) electrons. The third-order valence-electron chi connectivity index (χ3n) is 5.04. The molecule has 19 heavy (non-hydrogen) atoms. The lowest BCUT2D eigenvalue weighted by molar-refractivity contribution is -0.142. The van der Waals surface area contributed by atoms with E-state index in [2.05, 4.69) is 6.92 Å². The van der Waals surface area contributed by atoms with E-state index in [4.69, 9.17) is 5.11 Å². The van der Waals surface area contributed by atoms with Crippen LogP contribution < -0.4 is 0 Å². The van der Waals surface area contributed by atoms with Gasteiger partial charge in [-0.15, -0.1) is 0 Å². The van der Waals surface area contributed by atoms with Crippen molar-refractivity contribution in [3.05, 3.63) is 0 Å². The van der Waals surface area contributed by atoms with Gasteiger partial charge in [0.1, 0.15) is 0 Å². The van der Waals surface area contributed by atoms with Gasteiger partial charge in [0.15, 0.2) is 0 Å². The molecule has 4 nitrogen and oxygen atoms in total. The van der Waals surface area contributed by atoms with Crippen LogP contribution in [0.5, 0.6) is 0 Å². The summed E-state index contributed by atoms with van der Waals surface area (Å²) in [5.41, 5.74) is 0. The maximum atomic E-state index is 12.5. The molecule has 2 fully saturated rings. The molecule has 2 aliphatic rings. The van der Waals surface area contributed by atoms with Crippen LogP contribution in [-0.4, -0.2) is 35.0 Å². The van der Waals surface area contributed by atoms with Crippen molar-refractivity contribution >= 4 is 11.9 Å². The quantitative estimate of drug-likeness (QED) is 0.854. The molecule has 0 aliphatic heterocycles. The number of carboxylic acid groups (broad SMARTS) is 1. The van der Waals surface area contributed by atoms with Gasteiger partial charge < -0.3 is 10.0 Å². The zero-order valence-corrected chi connectivity index (χ0v) is 12.0. The molecule has 1 amide bonds. The van der Waals surface area contributed by atoms with E-state index in [0.717, 1.165) is 12.8 Å². The first-order chi connectivity index (χ1) is 9.00. The standard InChI is InChI=1S/C15H25NO3/c1-10-5-3-4-6-13(10)16(2)14(17)11-7-8-12(9-11)15(18)19/h10-13H,3-9H2,1-2H3,(H,18,19)/t10?,11-,12+,13?/m1/s1. The number of nitrogens with zero attached hydrogens (tertiary/aromatic N) is 1. The Morgan fingerprint density at radius 2 is 1.68 bits per heavy atom. The first-order valence-electron chi connectivity index (χ1n) is 7.50. The molecule has 0 heterocycles. The van der Waals surface area contributed by atoms with E-state index in [1.54, 1.807) is 0 Å². The van der Waals surface area contributed by atoms with Crippen molar-refractivity contribution in [2.75, 3.05) is 7.05 Å². The smallest absolute Gasteiger partial charge is 0.306 e. The Balaban J connectivity index is 1.94. The van der Waals surface area contributed by atoms with Crippen molar-refractivity contribution in [2.45, 2.75) is 57.9 Å². The monoisotopic (exact) mass is 267 g/mol. The number of carbonyl (C=O) groups excluding carboxylic acids is 1. The molecular formula is C15H25NO3. The molecule has 0 bridgehead atoms. The van der Waals surface area contributed by atoms with Crippen molar-refractivity contribution in [2.24, 2.45) is 17.8 Å². The summed E-state index contributed by atoms with van der Waals surface area (Å²) in [5.74, 6) is -0.391. The molecule has 2 unspecified atom stereocenters. The summed E-state index contributed by atoms with van der Waals surface area (Å²) in [7, 11) is 1.91. The fourth-order valence-corrected chi connectivity index (χ4v) is 3.75.